The van der Waals surface area contributed by atoms with E-state index in [1.807, 2.05) is 0 Å². The fourth-order valence-corrected chi connectivity index (χ4v) is 3.81. The molecule has 0 amide bonds. The highest BCUT2D eigenvalue weighted by atomic mass is 32.1. The maximum Gasteiger partial charge on any atom is 0.478 e. The van der Waals surface area contributed by atoms with Crippen molar-refractivity contribution in [3.63, 3.8) is 0 Å². The van der Waals surface area contributed by atoms with Gasteiger partial charge in [0, 0.05) is 6.54 Å². The van der Waals surface area contributed by atoms with Gasteiger partial charge < -0.3 is 0 Å². The molecule has 0 fully saturated rings. The Balaban J connectivity index is 2.87. The first-order valence-electron chi connectivity index (χ1n) is 5.87. The molecule has 0 aromatic carbocycles. The van der Waals surface area contributed by atoms with Gasteiger partial charge in [-0.1, -0.05) is 0 Å². The zero-order chi connectivity index (χ0) is 15.6. The highest BCUT2D eigenvalue weighted by Crippen LogP contribution is 2.56. The SMILES string of the molecule is O=C(CC(C1=NCC(CS)CC1)[P+](O)(O)O)[P+](O)(O)O. The summed E-state index contributed by atoms with van der Waals surface area (Å²) in [5, 5.41) is 0. The standard InChI is InChI=1S/C9H18NO7P2S/c11-9(19(15,16)17)3-8(18(12,13)14)7-2-1-6(5-20)4-10-7/h6,8,12-17H,1-5H2/q+1/p+1. The summed E-state index contributed by atoms with van der Waals surface area (Å²) in [6.45, 7) is 0.390. The van der Waals surface area contributed by atoms with E-state index in [9.17, 15) is 19.5 Å². The van der Waals surface area contributed by atoms with E-state index >= 15 is 0 Å². The van der Waals surface area contributed by atoms with E-state index < -0.39 is 33.5 Å². The van der Waals surface area contributed by atoms with Gasteiger partial charge in [-0.3, -0.25) is 4.99 Å². The van der Waals surface area contributed by atoms with E-state index in [0.717, 1.165) is 0 Å². The summed E-state index contributed by atoms with van der Waals surface area (Å²) in [5.74, 6) is 0.860. The van der Waals surface area contributed by atoms with Gasteiger partial charge in [0.25, 0.3) is 0 Å². The predicted molar refractivity (Wildman–Crippen MR) is 79.4 cm³/mol. The number of nitrogens with zero attached hydrogens (tertiary/aromatic N) is 1. The van der Waals surface area contributed by atoms with Crippen molar-refractivity contribution in [2.24, 2.45) is 10.9 Å². The summed E-state index contributed by atoms with van der Waals surface area (Å²) < 4.78 is 0. The van der Waals surface area contributed by atoms with Gasteiger partial charge in [0.15, 0.2) is 5.66 Å². The van der Waals surface area contributed by atoms with Gasteiger partial charge in [0.2, 0.25) is 0 Å². The quantitative estimate of drug-likeness (QED) is 0.253. The lowest BCUT2D eigenvalue weighted by Gasteiger charge is -2.24. The fourth-order valence-electron chi connectivity index (χ4n) is 1.92. The van der Waals surface area contributed by atoms with Crippen LogP contribution in [0.2, 0.25) is 0 Å². The van der Waals surface area contributed by atoms with Gasteiger partial charge in [-0.05, 0) is 24.5 Å². The average Bonchev–Trinajstić information content (AvgIpc) is 2.33. The Morgan fingerprint density at radius 1 is 1.30 bits per heavy atom. The topological polar surface area (TPSA) is 151 Å². The van der Waals surface area contributed by atoms with Crippen LogP contribution < -0.4 is 0 Å². The Hall–Kier alpha value is 0.310. The lowest BCUT2D eigenvalue weighted by Crippen LogP contribution is -2.31. The van der Waals surface area contributed by atoms with Crippen molar-refractivity contribution >= 4 is 39.8 Å². The number of carbonyl (C=O) groups is 1. The summed E-state index contributed by atoms with van der Waals surface area (Å²) >= 11 is 4.14. The summed E-state index contributed by atoms with van der Waals surface area (Å²) in [4.78, 5) is 70.4. The maximum absolute atomic E-state index is 11.4. The van der Waals surface area contributed by atoms with E-state index in [2.05, 4.69) is 17.6 Å². The molecular weight excluding hydrogens is 328 g/mol. The van der Waals surface area contributed by atoms with Crippen LogP contribution in [-0.2, 0) is 4.79 Å². The lowest BCUT2D eigenvalue weighted by atomic mass is 9.97. The van der Waals surface area contributed by atoms with E-state index in [0.29, 0.717) is 25.1 Å². The van der Waals surface area contributed by atoms with Crippen LogP contribution in [0, 0.1) is 5.92 Å². The van der Waals surface area contributed by atoms with Crippen LogP contribution in [0.25, 0.3) is 0 Å². The molecule has 0 bridgehead atoms. The molecule has 1 aliphatic heterocycles. The minimum absolute atomic E-state index is 0.238. The van der Waals surface area contributed by atoms with Crippen LogP contribution in [0.15, 0.2) is 4.99 Å². The zero-order valence-corrected chi connectivity index (χ0v) is 13.3. The summed E-state index contributed by atoms with van der Waals surface area (Å²) in [5.41, 5.74) is -2.49. The van der Waals surface area contributed by atoms with Gasteiger partial charge in [0.05, 0.1) is 5.71 Å². The van der Waals surface area contributed by atoms with Crippen molar-refractivity contribution in [3.05, 3.63) is 0 Å². The van der Waals surface area contributed by atoms with Crippen molar-refractivity contribution in [1.82, 2.24) is 0 Å². The molecule has 116 valence electrons. The number of thiol groups is 1. The molecule has 6 N–H and O–H groups in total. The second-order valence-corrected chi connectivity index (χ2v) is 8.57. The first-order valence-corrected chi connectivity index (χ1v) is 9.87. The molecule has 2 unspecified atom stereocenters. The molecule has 0 aliphatic carbocycles. The van der Waals surface area contributed by atoms with Crippen molar-refractivity contribution in [2.75, 3.05) is 12.3 Å². The van der Waals surface area contributed by atoms with E-state index in [1.54, 1.807) is 0 Å². The number of rotatable bonds is 6. The van der Waals surface area contributed by atoms with Crippen molar-refractivity contribution < 1.29 is 34.2 Å². The highest BCUT2D eigenvalue weighted by Gasteiger charge is 2.53. The van der Waals surface area contributed by atoms with Gasteiger partial charge in [-0.2, -0.15) is 42.0 Å². The number of hydrogen-bond donors (Lipinski definition) is 7. The molecule has 0 saturated carbocycles. The normalized spacial score (nSPS) is 22.4. The van der Waals surface area contributed by atoms with Crippen LogP contribution in [0.3, 0.4) is 0 Å². The average molecular weight is 347 g/mol. The molecule has 11 heteroatoms. The molecule has 1 heterocycles. The fraction of sp³-hybridized carbons (Fsp3) is 0.778. The monoisotopic (exact) mass is 347 g/mol. The van der Waals surface area contributed by atoms with Crippen molar-refractivity contribution in [3.8, 4) is 0 Å². The number of hydrogen-bond acceptors (Lipinski definition) is 9. The summed E-state index contributed by atoms with van der Waals surface area (Å²) in [6, 6.07) is 0. The first kappa shape index (κ1) is 18.4. The summed E-state index contributed by atoms with van der Waals surface area (Å²) in [6.07, 6.45) is 0.240. The van der Waals surface area contributed by atoms with Gasteiger partial charge in [-0.25, -0.2) is 4.79 Å². The molecule has 1 aliphatic rings. The molecule has 1 rings (SSSR count). The molecule has 0 aromatic heterocycles. The van der Waals surface area contributed by atoms with Crippen LogP contribution in [-0.4, -0.2) is 58.6 Å². The zero-order valence-electron chi connectivity index (χ0n) is 10.6. The number of carbonyl (C=O) groups excluding carboxylic acids is 1. The van der Waals surface area contributed by atoms with Crippen LogP contribution in [0.4, 0.5) is 0 Å². The van der Waals surface area contributed by atoms with Crippen LogP contribution in [0.1, 0.15) is 19.3 Å². The van der Waals surface area contributed by atoms with E-state index in [-0.39, 0.29) is 11.6 Å². The minimum atomic E-state index is -4.72. The Bertz CT molecular complexity index is 393. The molecule has 0 spiro atoms. The molecule has 8 nitrogen and oxygen atoms in total. The third-order valence-corrected chi connectivity index (χ3v) is 5.81. The first-order chi connectivity index (χ1) is 9.05. The molecule has 20 heavy (non-hydrogen) atoms. The predicted octanol–water partition coefficient (Wildman–Crippen LogP) is -0.469. The largest absolute Gasteiger partial charge is 0.478 e. The molecule has 0 radical (unpaired) electrons. The van der Waals surface area contributed by atoms with Crippen LogP contribution >= 0.6 is 28.5 Å². The Morgan fingerprint density at radius 3 is 2.25 bits per heavy atom. The molecule has 2 atom stereocenters. The second kappa shape index (κ2) is 7.05. The minimum Gasteiger partial charge on any atom is -0.289 e. The highest BCUT2D eigenvalue weighted by molar-refractivity contribution is 7.80. The third-order valence-electron chi connectivity index (χ3n) is 3.12. The third kappa shape index (κ3) is 5.26. The van der Waals surface area contributed by atoms with Gasteiger partial charge in [0.1, 0.15) is 6.42 Å². The second-order valence-electron chi connectivity index (χ2n) is 4.72. The maximum atomic E-state index is 11.4. The smallest absolute Gasteiger partial charge is 0.289 e. The van der Waals surface area contributed by atoms with Crippen molar-refractivity contribution in [1.29, 1.82) is 0 Å². The van der Waals surface area contributed by atoms with Crippen molar-refractivity contribution in [2.45, 2.75) is 24.9 Å². The van der Waals surface area contributed by atoms with E-state index in [1.165, 1.54) is 0 Å². The Kier molecular flexibility index (Phi) is 6.47. The van der Waals surface area contributed by atoms with Gasteiger partial charge in [-0.15, -0.1) is 0 Å². The van der Waals surface area contributed by atoms with Gasteiger partial charge >= 0.3 is 21.4 Å². The van der Waals surface area contributed by atoms with Crippen LogP contribution in [0.5, 0.6) is 0 Å². The molecule has 0 aromatic rings. The number of aliphatic imine (C=N–C) groups is 1. The summed E-state index contributed by atoms with van der Waals surface area (Å²) in [7, 11) is -9.15. The Labute approximate surface area is 122 Å². The Morgan fingerprint density at radius 2 is 1.90 bits per heavy atom. The lowest BCUT2D eigenvalue weighted by molar-refractivity contribution is -0.114. The van der Waals surface area contributed by atoms with E-state index in [4.69, 9.17) is 14.7 Å². The molecular formula is C9H19NO7P2S+2. The molecule has 0 saturated heterocycles.